The van der Waals surface area contributed by atoms with Crippen molar-refractivity contribution in [2.75, 3.05) is 11.9 Å². The molecule has 0 fully saturated rings. The number of benzene rings is 4. The zero-order valence-corrected chi connectivity index (χ0v) is 27.3. The van der Waals surface area contributed by atoms with Gasteiger partial charge in [0.15, 0.2) is 12.4 Å². The zero-order valence-electron chi connectivity index (χ0n) is 25.8. The number of aryl methyl sites for hydroxylation is 1. The van der Waals surface area contributed by atoms with Gasteiger partial charge in [-0.15, -0.1) is 0 Å². The van der Waals surface area contributed by atoms with E-state index in [2.05, 4.69) is 15.0 Å². The lowest BCUT2D eigenvalue weighted by molar-refractivity contribution is -0.118. The van der Waals surface area contributed by atoms with Gasteiger partial charge < -0.3 is 19.0 Å². The van der Waals surface area contributed by atoms with E-state index in [4.69, 9.17) is 37.3 Å². The van der Waals surface area contributed by atoms with E-state index in [9.17, 15) is 9.59 Å². The lowest BCUT2D eigenvalue weighted by Crippen LogP contribution is -2.20. The third-order valence-electron chi connectivity index (χ3n) is 7.83. The topological polar surface area (TPSA) is 104 Å². The Morgan fingerprint density at radius 3 is 2.48 bits per heavy atom. The fraction of sp³-hybridized carbons (Fsp3) is 0.0811. The first kappa shape index (κ1) is 31.0. The van der Waals surface area contributed by atoms with Gasteiger partial charge in [-0.05, 0) is 105 Å². The first-order valence-electron chi connectivity index (χ1n) is 15.0. The number of rotatable bonds is 8. The summed E-state index contributed by atoms with van der Waals surface area (Å²) in [6.45, 7) is 3.83. The number of ether oxygens (including phenoxy) is 1. The second-order valence-electron chi connectivity index (χ2n) is 11.1. The standard InChI is InChI=1S/C37H27Cl2N5O4/c1-22-17-25(23(2)43(22)29-12-14-30(15-13-29)47-21-35(45)41-28-10-7-26(38)8-11-28)20-40-44-36(42-32-6-4-3-5-31(32)37(44)46)34-19-24-18-27(39)9-16-33(24)48-34/h3-20H,21H2,1-2H3,(H,41,45). The quantitative estimate of drug-likeness (QED) is 0.163. The number of nitrogens with zero attached hydrogens (tertiary/aromatic N) is 4. The minimum absolute atomic E-state index is 0.142. The normalized spacial score (nSPS) is 11.5. The molecule has 238 valence electrons. The Bertz CT molecular complexity index is 2410. The maximum absolute atomic E-state index is 13.7. The van der Waals surface area contributed by atoms with Crippen LogP contribution in [0, 0.1) is 13.8 Å². The maximum atomic E-state index is 13.7. The number of aromatic nitrogens is 3. The molecular formula is C37H27Cl2N5O4. The van der Waals surface area contributed by atoms with Crippen LogP contribution < -0.4 is 15.6 Å². The van der Waals surface area contributed by atoms with Gasteiger partial charge in [0, 0.05) is 43.8 Å². The minimum Gasteiger partial charge on any atom is -0.484 e. The molecule has 4 aromatic carbocycles. The van der Waals surface area contributed by atoms with Gasteiger partial charge in [0.2, 0.25) is 5.82 Å². The number of amides is 1. The summed E-state index contributed by atoms with van der Waals surface area (Å²) in [7, 11) is 0. The van der Waals surface area contributed by atoms with Crippen LogP contribution in [0.15, 0.2) is 117 Å². The average Bonchev–Trinajstić information content (AvgIpc) is 3.63. The molecule has 0 atom stereocenters. The van der Waals surface area contributed by atoms with E-state index in [0.29, 0.717) is 43.7 Å². The highest BCUT2D eigenvalue weighted by Gasteiger charge is 2.17. The Morgan fingerprint density at radius 2 is 1.69 bits per heavy atom. The van der Waals surface area contributed by atoms with Gasteiger partial charge in [-0.25, -0.2) is 4.98 Å². The molecule has 0 bridgehead atoms. The second kappa shape index (κ2) is 12.9. The van der Waals surface area contributed by atoms with Crippen LogP contribution in [0.25, 0.3) is 39.1 Å². The minimum atomic E-state index is -0.323. The number of para-hydroxylation sites is 1. The van der Waals surface area contributed by atoms with E-state index in [0.717, 1.165) is 28.0 Å². The molecule has 0 saturated heterocycles. The van der Waals surface area contributed by atoms with Gasteiger partial charge >= 0.3 is 0 Å². The summed E-state index contributed by atoms with van der Waals surface area (Å²) in [6, 6.07) is 30.6. The highest BCUT2D eigenvalue weighted by atomic mass is 35.5. The number of furan rings is 1. The fourth-order valence-corrected chi connectivity index (χ4v) is 5.83. The fourth-order valence-electron chi connectivity index (χ4n) is 5.52. The Kier molecular flexibility index (Phi) is 8.31. The number of halogens is 2. The van der Waals surface area contributed by atoms with E-state index in [-0.39, 0.29) is 23.9 Å². The van der Waals surface area contributed by atoms with Crippen molar-refractivity contribution in [3.8, 4) is 23.0 Å². The second-order valence-corrected chi connectivity index (χ2v) is 12.0. The van der Waals surface area contributed by atoms with Crippen LogP contribution in [0.1, 0.15) is 17.0 Å². The summed E-state index contributed by atoms with van der Waals surface area (Å²) in [6.07, 6.45) is 1.65. The van der Waals surface area contributed by atoms with Crippen molar-refractivity contribution >= 4 is 62.9 Å². The predicted octanol–water partition coefficient (Wildman–Crippen LogP) is 8.42. The molecule has 0 unspecified atom stereocenters. The molecular weight excluding hydrogens is 649 g/mol. The van der Waals surface area contributed by atoms with Crippen molar-refractivity contribution in [3.05, 3.63) is 140 Å². The summed E-state index contributed by atoms with van der Waals surface area (Å²) < 4.78 is 15.1. The summed E-state index contributed by atoms with van der Waals surface area (Å²) in [4.78, 5) is 30.8. The van der Waals surface area contributed by atoms with Gasteiger partial charge in [-0.1, -0.05) is 35.3 Å². The van der Waals surface area contributed by atoms with E-state index in [1.807, 2.05) is 50.2 Å². The third kappa shape index (κ3) is 6.21. The molecule has 0 aliphatic carbocycles. The highest BCUT2D eigenvalue weighted by molar-refractivity contribution is 6.31. The van der Waals surface area contributed by atoms with Gasteiger partial charge in [-0.2, -0.15) is 9.78 Å². The van der Waals surface area contributed by atoms with Crippen LogP contribution in [0.4, 0.5) is 5.69 Å². The summed E-state index contributed by atoms with van der Waals surface area (Å²) in [5.74, 6) is 0.935. The first-order chi connectivity index (χ1) is 23.2. The monoisotopic (exact) mass is 675 g/mol. The van der Waals surface area contributed by atoms with Crippen LogP contribution in [0.5, 0.6) is 5.75 Å². The Balaban J connectivity index is 1.15. The van der Waals surface area contributed by atoms with E-state index >= 15 is 0 Å². The summed E-state index contributed by atoms with van der Waals surface area (Å²) in [5.41, 5.74) is 5.06. The molecule has 0 aliphatic heterocycles. The lowest BCUT2D eigenvalue weighted by Gasteiger charge is -2.12. The molecule has 9 nitrogen and oxygen atoms in total. The molecule has 0 aliphatic rings. The molecule has 11 heteroatoms. The molecule has 3 heterocycles. The molecule has 7 rings (SSSR count). The maximum Gasteiger partial charge on any atom is 0.282 e. The Labute approximate surface area is 284 Å². The summed E-state index contributed by atoms with van der Waals surface area (Å²) in [5, 5.41) is 9.81. The molecule has 1 amide bonds. The molecule has 0 radical (unpaired) electrons. The number of nitrogens with one attached hydrogen (secondary N) is 1. The van der Waals surface area contributed by atoms with Crippen LogP contribution in [0.2, 0.25) is 10.0 Å². The predicted molar refractivity (Wildman–Crippen MR) is 190 cm³/mol. The third-order valence-corrected chi connectivity index (χ3v) is 8.32. The summed E-state index contributed by atoms with van der Waals surface area (Å²) >= 11 is 12.1. The van der Waals surface area contributed by atoms with Crippen molar-refractivity contribution in [1.29, 1.82) is 0 Å². The SMILES string of the molecule is Cc1cc(C=Nn2c(-c3cc4cc(Cl)ccc4o3)nc3ccccc3c2=O)c(C)n1-c1ccc(OCC(=O)Nc2ccc(Cl)cc2)cc1. The lowest BCUT2D eigenvalue weighted by atomic mass is 10.2. The smallest absolute Gasteiger partial charge is 0.282 e. The van der Waals surface area contributed by atoms with Gasteiger partial charge in [0.25, 0.3) is 11.5 Å². The number of hydrogen-bond acceptors (Lipinski definition) is 6. The van der Waals surface area contributed by atoms with E-state index < -0.39 is 0 Å². The number of fused-ring (bicyclic) bond motifs is 2. The number of carbonyl (C=O) groups is 1. The largest absolute Gasteiger partial charge is 0.484 e. The van der Waals surface area contributed by atoms with Crippen molar-refractivity contribution in [2.24, 2.45) is 5.10 Å². The first-order valence-corrected chi connectivity index (χ1v) is 15.7. The molecule has 0 spiro atoms. The highest BCUT2D eigenvalue weighted by Crippen LogP contribution is 2.29. The van der Waals surface area contributed by atoms with Crippen LogP contribution in [-0.2, 0) is 4.79 Å². The molecule has 48 heavy (non-hydrogen) atoms. The van der Waals surface area contributed by atoms with Gasteiger partial charge in [0.05, 0.1) is 17.1 Å². The van der Waals surface area contributed by atoms with Crippen LogP contribution >= 0.6 is 23.2 Å². The van der Waals surface area contributed by atoms with Gasteiger partial charge in [-0.3, -0.25) is 9.59 Å². The molecule has 7 aromatic rings. The number of anilines is 1. The molecule has 0 saturated carbocycles. The van der Waals surface area contributed by atoms with E-state index in [1.54, 1.807) is 72.9 Å². The van der Waals surface area contributed by atoms with Crippen LogP contribution in [0.3, 0.4) is 0 Å². The van der Waals surface area contributed by atoms with Crippen molar-refractivity contribution in [1.82, 2.24) is 14.2 Å². The zero-order chi connectivity index (χ0) is 33.4. The Morgan fingerprint density at radius 1 is 0.938 bits per heavy atom. The average molecular weight is 677 g/mol. The van der Waals surface area contributed by atoms with Gasteiger partial charge in [0.1, 0.15) is 11.3 Å². The van der Waals surface area contributed by atoms with Crippen molar-refractivity contribution in [3.63, 3.8) is 0 Å². The number of carbonyl (C=O) groups excluding carboxylic acids is 1. The molecule has 3 aromatic heterocycles. The van der Waals surface area contributed by atoms with Crippen molar-refractivity contribution < 1.29 is 13.9 Å². The van der Waals surface area contributed by atoms with Crippen LogP contribution in [-0.4, -0.2) is 33.0 Å². The Hall–Kier alpha value is -5.64. The number of hydrogen-bond donors (Lipinski definition) is 1. The molecule has 1 N–H and O–H groups in total. The van der Waals surface area contributed by atoms with E-state index in [1.165, 1.54) is 4.68 Å². The van der Waals surface area contributed by atoms with Crippen molar-refractivity contribution in [2.45, 2.75) is 13.8 Å².